The Morgan fingerprint density at radius 1 is 0.864 bits per heavy atom. The lowest BCUT2D eigenvalue weighted by molar-refractivity contribution is -0.376. The number of alkyl halides is 6. The highest BCUT2D eigenvalue weighted by atomic mass is 19.4. The molecule has 0 spiro atoms. The lowest BCUT2D eigenvalue weighted by Crippen LogP contribution is -2.63. The van der Waals surface area contributed by atoms with Gasteiger partial charge in [0, 0.05) is 6.92 Å². The lowest BCUT2D eigenvalue weighted by atomic mass is 10.0. The van der Waals surface area contributed by atoms with Gasteiger partial charge in [0.2, 0.25) is 0 Å². The topological polar surface area (TPSA) is 61.8 Å². The molecule has 0 aliphatic carbocycles. The molecular weight excluding hydrogens is 326 g/mol. The molecule has 0 aliphatic heterocycles. The van der Waals surface area contributed by atoms with E-state index < -0.39 is 42.3 Å². The first-order chi connectivity index (χ1) is 9.52. The normalized spacial score (nSPS) is 13.5. The molecule has 0 N–H and O–H groups in total. The minimum absolute atomic E-state index is 0.602. The number of hydrogen-bond donors (Lipinski definition) is 0. The van der Waals surface area contributed by atoms with Crippen LogP contribution in [0.2, 0.25) is 0 Å². The Morgan fingerprint density at radius 2 is 1.27 bits per heavy atom. The summed E-state index contributed by atoms with van der Waals surface area (Å²) in [5.74, 6) is -1.41. The second kappa shape index (κ2) is 6.21. The summed E-state index contributed by atoms with van der Waals surface area (Å²) < 4.78 is 88.8. The van der Waals surface area contributed by atoms with Crippen LogP contribution in [0.15, 0.2) is 0 Å². The summed E-state index contributed by atoms with van der Waals surface area (Å²) >= 11 is 0. The van der Waals surface area contributed by atoms with Crippen molar-refractivity contribution in [1.82, 2.24) is 0 Å². The number of ether oxygens (including phenoxy) is 3. The smallest absolute Gasteiger partial charge is 0.461 e. The van der Waals surface area contributed by atoms with Crippen molar-refractivity contribution < 1.29 is 50.1 Å². The standard InChI is InChI=1S/C11H14F6O5/c1-6(18)20-5-9(10(12,13)14,11(15,16)17)22-7(19)21-8(2,3)4/h5H2,1-4H3. The quantitative estimate of drug-likeness (QED) is 0.582. The molecule has 0 aromatic rings. The average Bonchev–Trinajstić information content (AvgIpc) is 2.17. The zero-order valence-corrected chi connectivity index (χ0v) is 12.0. The third kappa shape index (κ3) is 5.26. The van der Waals surface area contributed by atoms with Gasteiger partial charge < -0.3 is 14.2 Å². The van der Waals surface area contributed by atoms with Crippen molar-refractivity contribution in [2.24, 2.45) is 0 Å². The summed E-state index contributed by atoms with van der Waals surface area (Å²) in [6.07, 6.45) is -14.4. The molecule has 22 heavy (non-hydrogen) atoms. The van der Waals surface area contributed by atoms with Gasteiger partial charge in [-0.3, -0.25) is 4.79 Å². The molecule has 5 nitrogen and oxygen atoms in total. The Labute approximate surface area is 121 Å². The van der Waals surface area contributed by atoms with Crippen LogP contribution >= 0.6 is 0 Å². The van der Waals surface area contributed by atoms with Crippen molar-refractivity contribution in [2.45, 2.75) is 51.2 Å². The third-order valence-corrected chi connectivity index (χ3v) is 2.04. The molecule has 0 aliphatic rings. The minimum atomic E-state index is -6.09. The lowest BCUT2D eigenvalue weighted by Gasteiger charge is -2.35. The molecular formula is C11H14F6O5. The Kier molecular flexibility index (Phi) is 5.73. The van der Waals surface area contributed by atoms with Crippen LogP contribution in [-0.4, -0.2) is 42.3 Å². The maximum absolute atomic E-state index is 12.9. The van der Waals surface area contributed by atoms with Crippen molar-refractivity contribution in [1.29, 1.82) is 0 Å². The van der Waals surface area contributed by atoms with Crippen LogP contribution in [-0.2, 0) is 19.0 Å². The van der Waals surface area contributed by atoms with Gasteiger partial charge in [0.15, 0.2) is 0 Å². The molecule has 0 aromatic heterocycles. The first kappa shape index (κ1) is 20.3. The van der Waals surface area contributed by atoms with Gasteiger partial charge in [0.1, 0.15) is 12.2 Å². The van der Waals surface area contributed by atoms with Crippen molar-refractivity contribution in [3.63, 3.8) is 0 Å². The van der Waals surface area contributed by atoms with E-state index in [9.17, 15) is 35.9 Å². The summed E-state index contributed by atoms with van der Waals surface area (Å²) in [7, 11) is 0. The monoisotopic (exact) mass is 340 g/mol. The maximum Gasteiger partial charge on any atom is 0.510 e. The number of carbonyl (C=O) groups excluding carboxylic acids is 2. The SMILES string of the molecule is CC(=O)OCC(OC(=O)OC(C)(C)C)(C(F)(F)F)C(F)(F)F. The van der Waals surface area contributed by atoms with Crippen molar-refractivity contribution in [2.75, 3.05) is 6.61 Å². The minimum Gasteiger partial charge on any atom is -0.461 e. The molecule has 130 valence electrons. The van der Waals surface area contributed by atoms with Gasteiger partial charge in [-0.15, -0.1) is 0 Å². The van der Waals surface area contributed by atoms with Crippen LogP contribution in [0.1, 0.15) is 27.7 Å². The molecule has 0 bridgehead atoms. The average molecular weight is 340 g/mol. The van der Waals surface area contributed by atoms with Gasteiger partial charge in [-0.05, 0) is 20.8 Å². The third-order valence-electron chi connectivity index (χ3n) is 2.04. The molecule has 0 radical (unpaired) electrons. The van der Waals surface area contributed by atoms with Crippen LogP contribution < -0.4 is 0 Å². The zero-order chi connectivity index (χ0) is 18.0. The van der Waals surface area contributed by atoms with Crippen molar-refractivity contribution >= 4 is 12.1 Å². The van der Waals surface area contributed by atoms with Gasteiger partial charge in [-0.25, -0.2) is 4.79 Å². The fourth-order valence-corrected chi connectivity index (χ4v) is 1.09. The number of carbonyl (C=O) groups is 2. The van der Waals surface area contributed by atoms with Gasteiger partial charge in [-0.2, -0.15) is 26.3 Å². The highest BCUT2D eigenvalue weighted by Crippen LogP contribution is 2.46. The second-order valence-electron chi connectivity index (χ2n) is 5.17. The van der Waals surface area contributed by atoms with Crippen LogP contribution in [0.4, 0.5) is 31.1 Å². The van der Waals surface area contributed by atoms with E-state index in [1.807, 2.05) is 0 Å². The Bertz CT molecular complexity index is 406. The Hall–Kier alpha value is -1.68. The van der Waals surface area contributed by atoms with Crippen LogP contribution in [0.25, 0.3) is 0 Å². The number of hydrogen-bond acceptors (Lipinski definition) is 5. The van der Waals surface area contributed by atoms with Gasteiger partial charge in [0.05, 0.1) is 0 Å². The molecule has 0 aromatic carbocycles. The van der Waals surface area contributed by atoms with E-state index in [0.717, 1.165) is 0 Å². The van der Waals surface area contributed by atoms with Gasteiger partial charge >= 0.3 is 30.1 Å². The van der Waals surface area contributed by atoms with Crippen LogP contribution in [0, 0.1) is 0 Å². The Balaban J connectivity index is 5.65. The molecule has 0 amide bonds. The highest BCUT2D eigenvalue weighted by Gasteiger charge is 2.75. The molecule has 0 heterocycles. The summed E-state index contributed by atoms with van der Waals surface area (Å²) in [6.45, 7) is 1.97. The van der Waals surface area contributed by atoms with E-state index in [2.05, 4.69) is 14.2 Å². The first-order valence-electron chi connectivity index (χ1n) is 5.70. The predicted molar refractivity (Wildman–Crippen MR) is 58.8 cm³/mol. The molecule has 0 saturated carbocycles. The summed E-state index contributed by atoms with van der Waals surface area (Å²) in [4.78, 5) is 21.8. The Morgan fingerprint density at radius 3 is 1.55 bits per heavy atom. The maximum atomic E-state index is 12.9. The van der Waals surface area contributed by atoms with E-state index >= 15 is 0 Å². The van der Waals surface area contributed by atoms with E-state index in [1.165, 1.54) is 20.8 Å². The van der Waals surface area contributed by atoms with E-state index in [-0.39, 0.29) is 0 Å². The highest BCUT2D eigenvalue weighted by molar-refractivity contribution is 5.66. The fraction of sp³-hybridized carbons (Fsp3) is 0.818. The van der Waals surface area contributed by atoms with Crippen LogP contribution in [0.3, 0.4) is 0 Å². The first-order valence-corrected chi connectivity index (χ1v) is 5.70. The largest absolute Gasteiger partial charge is 0.510 e. The molecule has 11 heteroatoms. The molecule has 0 unspecified atom stereocenters. The molecule has 0 rings (SSSR count). The molecule has 0 fully saturated rings. The second-order valence-corrected chi connectivity index (χ2v) is 5.17. The van der Waals surface area contributed by atoms with Crippen molar-refractivity contribution in [3.8, 4) is 0 Å². The van der Waals surface area contributed by atoms with Crippen molar-refractivity contribution in [3.05, 3.63) is 0 Å². The number of esters is 1. The fourth-order valence-electron chi connectivity index (χ4n) is 1.09. The molecule has 0 saturated heterocycles. The number of rotatable bonds is 3. The predicted octanol–water partition coefficient (Wildman–Crippen LogP) is 3.36. The molecule has 0 atom stereocenters. The van der Waals surface area contributed by atoms with E-state index in [4.69, 9.17) is 0 Å². The van der Waals surface area contributed by atoms with Gasteiger partial charge in [-0.1, -0.05) is 0 Å². The zero-order valence-electron chi connectivity index (χ0n) is 12.0. The van der Waals surface area contributed by atoms with Gasteiger partial charge in [0.25, 0.3) is 0 Å². The number of halogens is 6. The summed E-state index contributed by atoms with van der Waals surface area (Å²) in [5, 5.41) is 0. The summed E-state index contributed by atoms with van der Waals surface area (Å²) in [6, 6.07) is 0. The van der Waals surface area contributed by atoms with Crippen LogP contribution in [0.5, 0.6) is 0 Å². The van der Waals surface area contributed by atoms with E-state index in [1.54, 1.807) is 0 Å². The van der Waals surface area contributed by atoms with E-state index in [0.29, 0.717) is 6.92 Å². The summed E-state index contributed by atoms with van der Waals surface area (Å²) in [5.41, 5.74) is -6.41.